The average Bonchev–Trinajstić information content (AvgIpc) is 3.08. The van der Waals surface area contributed by atoms with Gasteiger partial charge in [0, 0.05) is 16.3 Å². The number of aromatic amines is 2. The molecule has 0 saturated carbocycles. The third-order valence-electron chi connectivity index (χ3n) is 3.33. The van der Waals surface area contributed by atoms with Crippen molar-refractivity contribution in [2.45, 2.75) is 6.61 Å². The number of ether oxygens (including phenoxy) is 1. The minimum Gasteiger partial charge on any atom is -0.483 e. The van der Waals surface area contributed by atoms with Crippen LogP contribution < -0.4 is 4.74 Å². The van der Waals surface area contributed by atoms with Crippen molar-refractivity contribution >= 4 is 34.0 Å². The van der Waals surface area contributed by atoms with Gasteiger partial charge in [-0.3, -0.25) is 0 Å². The lowest BCUT2D eigenvalue weighted by Gasteiger charge is -2.05. The van der Waals surface area contributed by atoms with Gasteiger partial charge >= 0.3 is 0 Å². The standard InChI is InChI=1S/C15H11N3O2S/c21-15-18-17-13(20-15)8-19-12-7-3-6-11-14(12)9-4-1-2-5-10(9)16-11/h1-7,16H,8H2,(H,18,21). The first-order valence-electron chi connectivity index (χ1n) is 6.48. The summed E-state index contributed by atoms with van der Waals surface area (Å²) in [5.41, 5.74) is 2.12. The van der Waals surface area contributed by atoms with E-state index >= 15 is 0 Å². The van der Waals surface area contributed by atoms with Gasteiger partial charge in [-0.1, -0.05) is 24.3 Å². The van der Waals surface area contributed by atoms with E-state index in [1.165, 1.54) is 0 Å². The lowest BCUT2D eigenvalue weighted by molar-refractivity contribution is 0.264. The van der Waals surface area contributed by atoms with Crippen LogP contribution in [0, 0.1) is 4.84 Å². The highest BCUT2D eigenvalue weighted by molar-refractivity contribution is 7.71. The summed E-state index contributed by atoms with van der Waals surface area (Å²) in [7, 11) is 0. The molecule has 0 aliphatic rings. The molecule has 4 aromatic rings. The van der Waals surface area contributed by atoms with Gasteiger partial charge in [0.1, 0.15) is 5.75 Å². The van der Waals surface area contributed by atoms with Crippen molar-refractivity contribution < 1.29 is 9.15 Å². The lowest BCUT2D eigenvalue weighted by Crippen LogP contribution is -1.96. The second-order valence-electron chi connectivity index (χ2n) is 4.64. The Morgan fingerprint density at radius 3 is 2.81 bits per heavy atom. The molecule has 0 unspecified atom stereocenters. The zero-order chi connectivity index (χ0) is 14.2. The zero-order valence-corrected chi connectivity index (χ0v) is 11.7. The van der Waals surface area contributed by atoms with Crippen molar-refractivity contribution in [3.63, 3.8) is 0 Å². The number of nitrogens with one attached hydrogen (secondary N) is 2. The largest absolute Gasteiger partial charge is 0.483 e. The van der Waals surface area contributed by atoms with Gasteiger partial charge in [0.05, 0.1) is 5.52 Å². The van der Waals surface area contributed by atoms with Crippen molar-refractivity contribution in [1.82, 2.24) is 15.2 Å². The van der Waals surface area contributed by atoms with Crippen LogP contribution >= 0.6 is 12.2 Å². The van der Waals surface area contributed by atoms with Gasteiger partial charge in [-0.15, -0.1) is 5.10 Å². The van der Waals surface area contributed by atoms with E-state index in [0.29, 0.717) is 5.89 Å². The lowest BCUT2D eigenvalue weighted by atomic mass is 10.1. The van der Waals surface area contributed by atoms with E-state index in [4.69, 9.17) is 21.4 Å². The topological polar surface area (TPSA) is 66.8 Å². The maximum Gasteiger partial charge on any atom is 0.284 e. The number of rotatable bonds is 3. The minimum atomic E-state index is 0.228. The Morgan fingerprint density at radius 2 is 1.95 bits per heavy atom. The molecule has 0 aliphatic heterocycles. The normalized spacial score (nSPS) is 11.2. The molecule has 2 N–H and O–H groups in total. The van der Waals surface area contributed by atoms with Gasteiger partial charge in [0.2, 0.25) is 0 Å². The number of aromatic nitrogens is 3. The highest BCUT2D eigenvalue weighted by Gasteiger charge is 2.10. The van der Waals surface area contributed by atoms with Gasteiger partial charge in [-0.05, 0) is 30.4 Å². The van der Waals surface area contributed by atoms with Crippen molar-refractivity contribution in [3.05, 3.63) is 53.2 Å². The molecule has 2 heterocycles. The van der Waals surface area contributed by atoms with Crippen LogP contribution in [0.2, 0.25) is 0 Å². The Hall–Kier alpha value is -2.60. The minimum absolute atomic E-state index is 0.228. The highest BCUT2D eigenvalue weighted by Crippen LogP contribution is 2.33. The molecule has 4 rings (SSSR count). The monoisotopic (exact) mass is 297 g/mol. The van der Waals surface area contributed by atoms with E-state index in [1.807, 2.05) is 36.4 Å². The Bertz CT molecular complexity index is 983. The molecule has 104 valence electrons. The molecule has 21 heavy (non-hydrogen) atoms. The number of nitrogens with zero attached hydrogens (tertiary/aromatic N) is 1. The van der Waals surface area contributed by atoms with E-state index in [-0.39, 0.29) is 11.4 Å². The second kappa shape index (κ2) is 4.75. The molecule has 0 spiro atoms. The third-order valence-corrected chi connectivity index (χ3v) is 3.50. The molecule has 0 bridgehead atoms. The quantitative estimate of drug-likeness (QED) is 0.562. The van der Waals surface area contributed by atoms with Crippen LogP contribution in [0.3, 0.4) is 0 Å². The molecular formula is C15H11N3O2S. The first kappa shape index (κ1) is 12.2. The SMILES string of the molecule is S=c1[nH]nc(COc2cccc3[nH]c4ccccc4c23)o1. The van der Waals surface area contributed by atoms with Crippen LogP contribution in [0.15, 0.2) is 46.9 Å². The second-order valence-corrected chi connectivity index (χ2v) is 5.02. The Kier molecular flexibility index (Phi) is 2.75. The average molecular weight is 297 g/mol. The van der Waals surface area contributed by atoms with Crippen molar-refractivity contribution in [3.8, 4) is 5.75 Å². The number of hydrogen-bond acceptors (Lipinski definition) is 4. The van der Waals surface area contributed by atoms with E-state index in [0.717, 1.165) is 27.6 Å². The van der Waals surface area contributed by atoms with E-state index in [9.17, 15) is 0 Å². The summed E-state index contributed by atoms with van der Waals surface area (Å²) >= 11 is 4.84. The van der Waals surface area contributed by atoms with Crippen LogP contribution in [0.5, 0.6) is 5.75 Å². The molecular weight excluding hydrogens is 286 g/mol. The summed E-state index contributed by atoms with van der Waals surface area (Å²) in [5.74, 6) is 1.21. The fourth-order valence-electron chi connectivity index (χ4n) is 2.45. The molecule has 2 aromatic heterocycles. The fraction of sp³-hybridized carbons (Fsp3) is 0.0667. The zero-order valence-electron chi connectivity index (χ0n) is 10.9. The summed E-state index contributed by atoms with van der Waals surface area (Å²) < 4.78 is 11.0. The van der Waals surface area contributed by atoms with Crippen molar-refractivity contribution in [1.29, 1.82) is 0 Å². The molecule has 6 heteroatoms. The van der Waals surface area contributed by atoms with Crippen LogP contribution in [-0.2, 0) is 6.61 Å². The first-order chi connectivity index (χ1) is 10.3. The molecule has 0 fully saturated rings. The van der Waals surface area contributed by atoms with E-state index in [2.05, 4.69) is 21.2 Å². The first-order valence-corrected chi connectivity index (χ1v) is 6.89. The Balaban J connectivity index is 1.79. The molecule has 0 amide bonds. The maximum absolute atomic E-state index is 5.84. The van der Waals surface area contributed by atoms with Gasteiger partial charge in [-0.25, -0.2) is 5.10 Å². The van der Waals surface area contributed by atoms with Gasteiger partial charge in [0.25, 0.3) is 10.7 Å². The van der Waals surface area contributed by atoms with Crippen LogP contribution in [0.1, 0.15) is 5.89 Å². The summed E-state index contributed by atoms with van der Waals surface area (Å²) in [6, 6.07) is 14.1. The maximum atomic E-state index is 5.84. The molecule has 5 nitrogen and oxygen atoms in total. The summed E-state index contributed by atoms with van der Waals surface area (Å²) in [6.45, 7) is 0.228. The van der Waals surface area contributed by atoms with Gasteiger partial charge in [0.15, 0.2) is 6.61 Å². The number of fused-ring (bicyclic) bond motifs is 3. The number of hydrogen-bond donors (Lipinski definition) is 2. The van der Waals surface area contributed by atoms with Crippen LogP contribution in [0.25, 0.3) is 21.8 Å². The predicted octanol–water partition coefficient (Wildman–Crippen LogP) is 3.95. The molecule has 0 atom stereocenters. The predicted molar refractivity (Wildman–Crippen MR) is 81.8 cm³/mol. The molecule has 0 radical (unpaired) electrons. The van der Waals surface area contributed by atoms with Gasteiger partial charge in [-0.2, -0.15) is 0 Å². The molecule has 0 aliphatic carbocycles. The smallest absolute Gasteiger partial charge is 0.284 e. The fourth-order valence-corrected chi connectivity index (χ4v) is 2.59. The van der Waals surface area contributed by atoms with Crippen LogP contribution in [-0.4, -0.2) is 15.2 Å². The van der Waals surface area contributed by atoms with Crippen molar-refractivity contribution in [2.24, 2.45) is 0 Å². The van der Waals surface area contributed by atoms with Gasteiger partial charge < -0.3 is 14.1 Å². The summed E-state index contributed by atoms with van der Waals surface area (Å²) in [5, 5.41) is 8.70. The summed E-state index contributed by atoms with van der Waals surface area (Å²) in [6.07, 6.45) is 0. The van der Waals surface area contributed by atoms with E-state index in [1.54, 1.807) is 0 Å². The number of benzene rings is 2. The van der Waals surface area contributed by atoms with Crippen molar-refractivity contribution in [2.75, 3.05) is 0 Å². The third kappa shape index (κ3) is 2.09. The number of para-hydroxylation sites is 1. The Morgan fingerprint density at radius 1 is 1.10 bits per heavy atom. The van der Waals surface area contributed by atoms with E-state index < -0.39 is 0 Å². The Labute approximate surface area is 124 Å². The van der Waals surface area contributed by atoms with Crippen LogP contribution in [0.4, 0.5) is 0 Å². The molecule has 0 saturated heterocycles. The molecule has 2 aromatic carbocycles. The number of H-pyrrole nitrogens is 2. The highest BCUT2D eigenvalue weighted by atomic mass is 32.1. The summed E-state index contributed by atoms with van der Waals surface area (Å²) in [4.78, 5) is 3.63.